The van der Waals surface area contributed by atoms with E-state index in [4.69, 9.17) is 15.6 Å². The molecule has 0 aliphatic rings. The topological polar surface area (TPSA) is 55.5 Å². The molecule has 1 aromatic carbocycles. The molecule has 0 fully saturated rings. The standard InChI is InChI=1S/C8H10FNO2.ClH/c1-12-7-3-2-6(10)5(4-11)8(7)9;/h2-3,11H,4,10H2,1H3;1H. The summed E-state index contributed by atoms with van der Waals surface area (Å²) < 4.78 is 17.9. The number of anilines is 1. The predicted molar refractivity (Wildman–Crippen MR) is 50.5 cm³/mol. The van der Waals surface area contributed by atoms with Crippen molar-refractivity contribution in [2.45, 2.75) is 6.61 Å². The van der Waals surface area contributed by atoms with Gasteiger partial charge in [0, 0.05) is 11.3 Å². The summed E-state index contributed by atoms with van der Waals surface area (Å²) in [5.41, 5.74) is 5.71. The lowest BCUT2D eigenvalue weighted by molar-refractivity contribution is 0.273. The van der Waals surface area contributed by atoms with Gasteiger partial charge in [-0.1, -0.05) is 0 Å². The Hall–Kier alpha value is -1.00. The lowest BCUT2D eigenvalue weighted by Gasteiger charge is -2.07. The third-order valence-electron chi connectivity index (χ3n) is 1.62. The summed E-state index contributed by atoms with van der Waals surface area (Å²) in [5, 5.41) is 8.74. The minimum Gasteiger partial charge on any atom is -0.494 e. The quantitative estimate of drug-likeness (QED) is 0.720. The monoisotopic (exact) mass is 207 g/mol. The fourth-order valence-corrected chi connectivity index (χ4v) is 0.933. The molecule has 0 saturated carbocycles. The summed E-state index contributed by atoms with van der Waals surface area (Å²) in [4.78, 5) is 0. The second-order valence-electron chi connectivity index (χ2n) is 2.31. The second-order valence-corrected chi connectivity index (χ2v) is 2.31. The van der Waals surface area contributed by atoms with Gasteiger partial charge in [0.1, 0.15) is 0 Å². The molecule has 0 heterocycles. The van der Waals surface area contributed by atoms with Gasteiger partial charge in [0.2, 0.25) is 0 Å². The van der Waals surface area contributed by atoms with E-state index in [1.165, 1.54) is 19.2 Å². The van der Waals surface area contributed by atoms with E-state index in [0.717, 1.165) is 0 Å². The van der Waals surface area contributed by atoms with Crippen molar-refractivity contribution >= 4 is 18.1 Å². The molecule has 3 N–H and O–H groups in total. The van der Waals surface area contributed by atoms with Crippen molar-refractivity contribution in [1.29, 1.82) is 0 Å². The number of benzene rings is 1. The Kier molecular flexibility index (Phi) is 4.51. The number of aliphatic hydroxyl groups is 1. The fourth-order valence-electron chi connectivity index (χ4n) is 0.933. The minimum atomic E-state index is -0.597. The minimum absolute atomic E-state index is 0. The van der Waals surface area contributed by atoms with E-state index in [0.29, 0.717) is 0 Å². The highest BCUT2D eigenvalue weighted by atomic mass is 35.5. The molecule has 0 aliphatic heterocycles. The molecule has 0 aliphatic carbocycles. The molecule has 0 aromatic heterocycles. The smallest absolute Gasteiger partial charge is 0.172 e. The number of nitrogens with two attached hydrogens (primary N) is 1. The molecule has 0 radical (unpaired) electrons. The van der Waals surface area contributed by atoms with Crippen LogP contribution >= 0.6 is 12.4 Å². The van der Waals surface area contributed by atoms with Gasteiger partial charge in [0.15, 0.2) is 11.6 Å². The molecule has 0 amide bonds. The van der Waals surface area contributed by atoms with Gasteiger partial charge >= 0.3 is 0 Å². The van der Waals surface area contributed by atoms with Gasteiger partial charge in [0.05, 0.1) is 13.7 Å². The van der Waals surface area contributed by atoms with Crippen LogP contribution in [0, 0.1) is 5.82 Å². The van der Waals surface area contributed by atoms with Crippen molar-refractivity contribution in [3.8, 4) is 5.75 Å². The van der Waals surface area contributed by atoms with Crippen LogP contribution < -0.4 is 10.5 Å². The Labute approximate surface area is 81.7 Å². The first kappa shape index (κ1) is 12.0. The Balaban J connectivity index is 0.00000144. The van der Waals surface area contributed by atoms with Crippen LogP contribution in [0.2, 0.25) is 0 Å². The number of ether oxygens (including phenoxy) is 1. The van der Waals surface area contributed by atoms with E-state index in [1.807, 2.05) is 0 Å². The van der Waals surface area contributed by atoms with E-state index in [2.05, 4.69) is 0 Å². The van der Waals surface area contributed by atoms with Crippen molar-refractivity contribution in [1.82, 2.24) is 0 Å². The Morgan fingerprint density at radius 3 is 2.62 bits per heavy atom. The summed E-state index contributed by atoms with van der Waals surface area (Å²) in [5.74, 6) is -0.506. The van der Waals surface area contributed by atoms with Crippen LogP contribution in [-0.2, 0) is 6.61 Å². The molecule has 0 saturated heterocycles. The largest absolute Gasteiger partial charge is 0.494 e. The highest BCUT2D eigenvalue weighted by Crippen LogP contribution is 2.24. The first-order valence-electron chi connectivity index (χ1n) is 3.42. The van der Waals surface area contributed by atoms with E-state index in [9.17, 15) is 4.39 Å². The summed E-state index contributed by atoms with van der Waals surface area (Å²) in [6.45, 7) is -0.422. The number of methoxy groups -OCH3 is 1. The first-order valence-corrected chi connectivity index (χ1v) is 3.42. The molecule has 74 valence electrons. The number of nitrogen functional groups attached to an aromatic ring is 1. The van der Waals surface area contributed by atoms with E-state index < -0.39 is 12.4 Å². The normalized spacial score (nSPS) is 9.15. The third-order valence-corrected chi connectivity index (χ3v) is 1.62. The number of hydrogen-bond donors (Lipinski definition) is 2. The molecule has 1 aromatic rings. The van der Waals surface area contributed by atoms with Gasteiger partial charge in [-0.25, -0.2) is 4.39 Å². The zero-order valence-corrected chi connectivity index (χ0v) is 7.90. The van der Waals surface area contributed by atoms with Crippen molar-refractivity contribution < 1.29 is 14.2 Å². The molecular formula is C8H11ClFNO2. The SMILES string of the molecule is COc1ccc(N)c(CO)c1F.Cl. The average Bonchev–Trinajstić information content (AvgIpc) is 2.06. The molecule has 13 heavy (non-hydrogen) atoms. The van der Waals surface area contributed by atoms with Crippen LogP contribution in [0.3, 0.4) is 0 Å². The second kappa shape index (κ2) is 4.89. The highest BCUT2D eigenvalue weighted by molar-refractivity contribution is 5.85. The van der Waals surface area contributed by atoms with Gasteiger partial charge in [0.25, 0.3) is 0 Å². The molecule has 5 heteroatoms. The van der Waals surface area contributed by atoms with Crippen LogP contribution in [0.25, 0.3) is 0 Å². The van der Waals surface area contributed by atoms with Crippen molar-refractivity contribution in [3.63, 3.8) is 0 Å². The van der Waals surface area contributed by atoms with Gasteiger partial charge in [-0.15, -0.1) is 12.4 Å². The van der Waals surface area contributed by atoms with Gasteiger partial charge in [-0.05, 0) is 12.1 Å². The van der Waals surface area contributed by atoms with Gasteiger partial charge in [-0.3, -0.25) is 0 Å². The average molecular weight is 208 g/mol. The number of hydrogen-bond acceptors (Lipinski definition) is 3. The van der Waals surface area contributed by atoms with Gasteiger partial charge < -0.3 is 15.6 Å². The maximum absolute atomic E-state index is 13.2. The fraction of sp³-hybridized carbons (Fsp3) is 0.250. The first-order chi connectivity index (χ1) is 5.70. The molecule has 0 spiro atoms. The van der Waals surface area contributed by atoms with E-state index in [-0.39, 0.29) is 29.4 Å². The Morgan fingerprint density at radius 2 is 2.15 bits per heavy atom. The molecule has 0 atom stereocenters. The van der Waals surface area contributed by atoms with Crippen LogP contribution in [0.15, 0.2) is 12.1 Å². The van der Waals surface area contributed by atoms with Crippen molar-refractivity contribution in [3.05, 3.63) is 23.5 Å². The maximum Gasteiger partial charge on any atom is 0.172 e. The Morgan fingerprint density at radius 1 is 1.54 bits per heavy atom. The summed E-state index contributed by atoms with van der Waals surface area (Å²) in [6, 6.07) is 2.91. The molecule has 0 bridgehead atoms. The lowest BCUT2D eigenvalue weighted by atomic mass is 10.1. The zero-order chi connectivity index (χ0) is 9.14. The number of aliphatic hydroxyl groups excluding tert-OH is 1. The Bertz CT molecular complexity index is 294. The van der Waals surface area contributed by atoms with Crippen molar-refractivity contribution in [2.75, 3.05) is 12.8 Å². The molecule has 0 unspecified atom stereocenters. The molecule has 1 rings (SSSR count). The lowest BCUT2D eigenvalue weighted by Crippen LogP contribution is -2.00. The maximum atomic E-state index is 13.2. The molecule has 3 nitrogen and oxygen atoms in total. The van der Waals surface area contributed by atoms with E-state index >= 15 is 0 Å². The summed E-state index contributed by atoms with van der Waals surface area (Å²) in [6.07, 6.45) is 0. The van der Waals surface area contributed by atoms with E-state index in [1.54, 1.807) is 0 Å². The van der Waals surface area contributed by atoms with Crippen LogP contribution in [0.1, 0.15) is 5.56 Å². The summed E-state index contributed by atoms with van der Waals surface area (Å²) >= 11 is 0. The highest BCUT2D eigenvalue weighted by Gasteiger charge is 2.10. The van der Waals surface area contributed by atoms with Crippen LogP contribution in [0.5, 0.6) is 5.75 Å². The molecular weight excluding hydrogens is 197 g/mol. The zero-order valence-electron chi connectivity index (χ0n) is 7.08. The predicted octanol–water partition coefficient (Wildman–Crippen LogP) is 1.33. The van der Waals surface area contributed by atoms with Crippen LogP contribution in [-0.4, -0.2) is 12.2 Å². The van der Waals surface area contributed by atoms with Crippen molar-refractivity contribution in [2.24, 2.45) is 0 Å². The van der Waals surface area contributed by atoms with Gasteiger partial charge in [-0.2, -0.15) is 0 Å². The number of rotatable bonds is 2. The third kappa shape index (κ3) is 2.23. The number of halogens is 2. The summed E-state index contributed by atoms with van der Waals surface area (Å²) in [7, 11) is 1.36. The van der Waals surface area contributed by atoms with Crippen LogP contribution in [0.4, 0.5) is 10.1 Å².